The molecule has 0 aromatic heterocycles. The van der Waals surface area contributed by atoms with E-state index < -0.39 is 0 Å². The number of carbonyl (C=O) groups is 2. The van der Waals surface area contributed by atoms with Crippen molar-refractivity contribution in [3.63, 3.8) is 0 Å². The van der Waals surface area contributed by atoms with Crippen LogP contribution in [0, 0.1) is 0 Å². The van der Waals surface area contributed by atoms with Crippen LogP contribution in [0.4, 0.5) is 11.4 Å². The molecule has 20 heavy (non-hydrogen) atoms. The highest BCUT2D eigenvalue weighted by Crippen LogP contribution is 2.34. The number of hydrogen-bond donors (Lipinski definition) is 0. The predicted octanol–water partition coefficient (Wildman–Crippen LogP) is 2.95. The zero-order valence-electron chi connectivity index (χ0n) is 11.0. The van der Waals surface area contributed by atoms with Crippen LogP contribution < -0.4 is 9.64 Å². The third kappa shape index (κ3) is 1.95. The smallest absolute Gasteiger partial charge is 0.239 e. The van der Waals surface area contributed by atoms with Gasteiger partial charge in [0.2, 0.25) is 5.91 Å². The maximum absolute atomic E-state index is 12.2. The number of benzene rings is 2. The van der Waals surface area contributed by atoms with E-state index in [1.54, 1.807) is 42.3 Å². The lowest BCUT2D eigenvalue weighted by Crippen LogP contribution is -2.33. The van der Waals surface area contributed by atoms with Crippen molar-refractivity contribution in [1.82, 2.24) is 0 Å². The third-order valence-electron chi connectivity index (χ3n) is 3.34. The molecule has 0 fully saturated rings. The van der Waals surface area contributed by atoms with Crippen molar-refractivity contribution in [3.05, 3.63) is 54.1 Å². The van der Waals surface area contributed by atoms with Crippen molar-refractivity contribution in [2.24, 2.45) is 0 Å². The van der Waals surface area contributed by atoms with Gasteiger partial charge in [-0.15, -0.1) is 0 Å². The van der Waals surface area contributed by atoms with E-state index in [0.717, 1.165) is 11.4 Å². The summed E-state index contributed by atoms with van der Waals surface area (Å²) in [5, 5.41) is 0. The van der Waals surface area contributed by atoms with Gasteiger partial charge in [0.1, 0.15) is 5.75 Å². The molecule has 1 aliphatic heterocycles. The molecule has 2 aromatic rings. The maximum Gasteiger partial charge on any atom is 0.239 e. The van der Waals surface area contributed by atoms with Crippen LogP contribution in [-0.2, 0) is 4.79 Å². The van der Waals surface area contributed by atoms with Gasteiger partial charge in [0.25, 0.3) is 0 Å². The number of rotatable bonds is 2. The van der Waals surface area contributed by atoms with Gasteiger partial charge < -0.3 is 4.74 Å². The first-order valence-corrected chi connectivity index (χ1v) is 6.30. The van der Waals surface area contributed by atoms with Crippen LogP contribution in [0.5, 0.6) is 5.75 Å². The summed E-state index contributed by atoms with van der Waals surface area (Å²) in [6.45, 7) is 0. The van der Waals surface area contributed by atoms with Crippen molar-refractivity contribution in [2.75, 3.05) is 12.0 Å². The Morgan fingerprint density at radius 1 is 1.00 bits per heavy atom. The van der Waals surface area contributed by atoms with E-state index in [9.17, 15) is 9.59 Å². The highest BCUT2D eigenvalue weighted by atomic mass is 16.5. The summed E-state index contributed by atoms with van der Waals surface area (Å²) in [5.41, 5.74) is 1.96. The fourth-order valence-corrected chi connectivity index (χ4v) is 2.36. The van der Waals surface area contributed by atoms with Crippen LogP contribution in [0.2, 0.25) is 0 Å². The molecule has 1 aliphatic rings. The van der Waals surface area contributed by atoms with Crippen molar-refractivity contribution in [2.45, 2.75) is 6.42 Å². The number of methoxy groups -OCH3 is 1. The molecule has 0 radical (unpaired) electrons. The number of amides is 1. The topological polar surface area (TPSA) is 46.6 Å². The number of ketones is 1. The first kappa shape index (κ1) is 12.4. The van der Waals surface area contributed by atoms with E-state index in [1.165, 1.54) is 0 Å². The number of carbonyl (C=O) groups excluding carboxylic acids is 2. The molecular weight excluding hydrogens is 254 g/mol. The lowest BCUT2D eigenvalue weighted by Gasteiger charge is -2.28. The third-order valence-corrected chi connectivity index (χ3v) is 3.34. The first-order valence-electron chi connectivity index (χ1n) is 6.30. The van der Waals surface area contributed by atoms with E-state index >= 15 is 0 Å². The Kier molecular flexibility index (Phi) is 2.99. The molecule has 0 saturated heterocycles. The Balaban J connectivity index is 2.10. The normalized spacial score (nSPS) is 14.2. The summed E-state index contributed by atoms with van der Waals surface area (Å²) in [7, 11) is 1.59. The minimum atomic E-state index is -0.209. The highest BCUT2D eigenvalue weighted by Gasteiger charge is 2.30. The van der Waals surface area contributed by atoms with Crippen LogP contribution in [0.3, 0.4) is 0 Å². The molecule has 0 atom stereocenters. The van der Waals surface area contributed by atoms with Gasteiger partial charge in [-0.1, -0.05) is 12.1 Å². The summed E-state index contributed by atoms with van der Waals surface area (Å²) in [6.07, 6.45) is -0.0942. The van der Waals surface area contributed by atoms with Gasteiger partial charge in [-0.3, -0.25) is 14.5 Å². The largest absolute Gasteiger partial charge is 0.497 e. The summed E-state index contributed by atoms with van der Waals surface area (Å²) >= 11 is 0. The SMILES string of the molecule is COc1ccc(N2C(=O)CC(=O)c3ccccc32)cc1. The van der Waals surface area contributed by atoms with Crippen LogP contribution >= 0.6 is 0 Å². The van der Waals surface area contributed by atoms with Crippen molar-refractivity contribution in [3.8, 4) is 5.75 Å². The number of hydrogen-bond acceptors (Lipinski definition) is 3. The van der Waals surface area contributed by atoms with E-state index in [4.69, 9.17) is 4.74 Å². The molecule has 0 N–H and O–H groups in total. The molecule has 0 spiro atoms. The van der Waals surface area contributed by atoms with Crippen molar-refractivity contribution >= 4 is 23.1 Å². The number of ether oxygens (including phenoxy) is 1. The van der Waals surface area contributed by atoms with Crippen molar-refractivity contribution < 1.29 is 14.3 Å². The zero-order valence-corrected chi connectivity index (χ0v) is 11.0. The van der Waals surface area contributed by atoms with E-state index in [-0.39, 0.29) is 18.1 Å². The summed E-state index contributed by atoms with van der Waals surface area (Å²) in [6, 6.07) is 14.4. The van der Waals surface area contributed by atoms with Gasteiger partial charge in [0, 0.05) is 11.3 Å². The Hall–Kier alpha value is -2.62. The minimum absolute atomic E-state index is 0.0942. The van der Waals surface area contributed by atoms with Crippen molar-refractivity contribution in [1.29, 1.82) is 0 Å². The summed E-state index contributed by atoms with van der Waals surface area (Å²) in [4.78, 5) is 25.7. The van der Waals surface area contributed by atoms with Crippen LogP contribution in [-0.4, -0.2) is 18.8 Å². The Morgan fingerprint density at radius 2 is 1.70 bits per heavy atom. The predicted molar refractivity (Wildman–Crippen MR) is 75.5 cm³/mol. The molecule has 3 rings (SSSR count). The van der Waals surface area contributed by atoms with Gasteiger partial charge in [0.05, 0.1) is 19.2 Å². The number of nitrogens with zero attached hydrogens (tertiary/aromatic N) is 1. The van der Waals surface area contributed by atoms with Gasteiger partial charge in [-0.25, -0.2) is 0 Å². The number of Topliss-reactive ketones (excluding diaryl/α,β-unsaturated/α-hetero) is 1. The lowest BCUT2D eigenvalue weighted by molar-refractivity contribution is -0.117. The average Bonchev–Trinajstić information content (AvgIpc) is 2.48. The van der Waals surface area contributed by atoms with Gasteiger partial charge in [-0.05, 0) is 36.4 Å². The van der Waals surface area contributed by atoms with Crippen LogP contribution in [0.1, 0.15) is 16.8 Å². The van der Waals surface area contributed by atoms with Gasteiger partial charge >= 0.3 is 0 Å². The molecule has 4 heteroatoms. The standard InChI is InChI=1S/C16H13NO3/c1-20-12-8-6-11(7-9-12)17-14-5-3-2-4-13(14)15(18)10-16(17)19/h2-9H,10H2,1H3. The number of para-hydroxylation sites is 1. The summed E-state index contributed by atoms with van der Waals surface area (Å²) < 4.78 is 5.11. The Bertz CT molecular complexity index is 676. The van der Waals surface area contributed by atoms with E-state index in [1.807, 2.05) is 18.2 Å². The Morgan fingerprint density at radius 3 is 2.40 bits per heavy atom. The van der Waals surface area contributed by atoms with Crippen LogP contribution in [0.25, 0.3) is 0 Å². The quantitative estimate of drug-likeness (QED) is 0.786. The number of fused-ring (bicyclic) bond motifs is 1. The molecule has 1 heterocycles. The second kappa shape index (κ2) is 4.81. The monoisotopic (exact) mass is 267 g/mol. The van der Waals surface area contributed by atoms with E-state index in [2.05, 4.69) is 0 Å². The molecule has 0 bridgehead atoms. The van der Waals surface area contributed by atoms with Gasteiger partial charge in [-0.2, -0.15) is 0 Å². The molecule has 1 amide bonds. The molecule has 100 valence electrons. The fraction of sp³-hybridized carbons (Fsp3) is 0.125. The van der Waals surface area contributed by atoms with Gasteiger partial charge in [0.15, 0.2) is 5.78 Å². The zero-order chi connectivity index (χ0) is 14.1. The Labute approximate surface area is 116 Å². The number of anilines is 2. The molecule has 0 saturated carbocycles. The lowest BCUT2D eigenvalue weighted by atomic mass is 9.99. The minimum Gasteiger partial charge on any atom is -0.497 e. The van der Waals surface area contributed by atoms with Crippen LogP contribution in [0.15, 0.2) is 48.5 Å². The molecular formula is C16H13NO3. The molecule has 0 unspecified atom stereocenters. The summed E-state index contributed by atoms with van der Waals surface area (Å²) in [5.74, 6) is 0.386. The highest BCUT2D eigenvalue weighted by molar-refractivity contribution is 6.22. The second-order valence-corrected chi connectivity index (χ2v) is 4.54. The molecule has 2 aromatic carbocycles. The maximum atomic E-state index is 12.2. The average molecular weight is 267 g/mol. The van der Waals surface area contributed by atoms with E-state index in [0.29, 0.717) is 11.3 Å². The molecule has 0 aliphatic carbocycles. The molecule has 4 nitrogen and oxygen atoms in total. The second-order valence-electron chi connectivity index (χ2n) is 4.54. The first-order chi connectivity index (χ1) is 9.70. The fourth-order valence-electron chi connectivity index (χ4n) is 2.36.